The summed E-state index contributed by atoms with van der Waals surface area (Å²) in [6.07, 6.45) is 5.64. The molecule has 1 aromatic carbocycles. The summed E-state index contributed by atoms with van der Waals surface area (Å²) in [6.45, 7) is 4.13. The smallest absolute Gasteiger partial charge is 0.233 e. The molecule has 112 valence electrons. The van der Waals surface area contributed by atoms with Crippen LogP contribution in [0.25, 0.3) is 0 Å². The summed E-state index contributed by atoms with van der Waals surface area (Å²) in [4.78, 5) is 15.4. The van der Waals surface area contributed by atoms with Gasteiger partial charge in [0.1, 0.15) is 0 Å². The lowest BCUT2D eigenvalue weighted by Crippen LogP contribution is -2.50. The molecular weight excluding hydrogens is 260 g/mol. The molecule has 2 aliphatic heterocycles. The summed E-state index contributed by atoms with van der Waals surface area (Å²) in [7, 11) is 0. The number of carbonyl (C=O) groups is 1. The van der Waals surface area contributed by atoms with Gasteiger partial charge in [0, 0.05) is 25.0 Å². The Morgan fingerprint density at radius 2 is 1.90 bits per heavy atom. The minimum absolute atomic E-state index is 0.210. The Bertz CT molecular complexity index is 529. The molecule has 1 spiro atoms. The third kappa shape index (κ3) is 2.02. The van der Waals surface area contributed by atoms with E-state index in [0.29, 0.717) is 11.3 Å². The molecule has 1 amide bonds. The van der Waals surface area contributed by atoms with Gasteiger partial charge in [0.25, 0.3) is 0 Å². The summed E-state index contributed by atoms with van der Waals surface area (Å²) in [5.41, 5.74) is 1.39. The Morgan fingerprint density at radius 3 is 2.52 bits per heavy atom. The van der Waals surface area contributed by atoms with E-state index in [-0.39, 0.29) is 5.41 Å². The van der Waals surface area contributed by atoms with Crippen LogP contribution in [0.2, 0.25) is 0 Å². The zero-order valence-corrected chi connectivity index (χ0v) is 12.6. The molecule has 0 radical (unpaired) electrons. The van der Waals surface area contributed by atoms with Gasteiger partial charge in [-0.15, -0.1) is 0 Å². The standard InChI is InChI=1S/C18H24N2O/c21-16(20-12-10-17(14-20)9-11-19-13-17)18(7-4-8-18)15-5-2-1-3-6-15/h1-3,5-6,19H,4,7-14H2. The first-order chi connectivity index (χ1) is 10.2. The molecule has 1 aromatic rings. The Hall–Kier alpha value is -1.35. The summed E-state index contributed by atoms with van der Waals surface area (Å²) in [5, 5.41) is 3.47. The fourth-order valence-electron chi connectivity index (χ4n) is 4.47. The number of benzene rings is 1. The summed E-state index contributed by atoms with van der Waals surface area (Å²) in [6, 6.07) is 10.4. The molecule has 3 nitrogen and oxygen atoms in total. The monoisotopic (exact) mass is 284 g/mol. The highest BCUT2D eigenvalue weighted by atomic mass is 16.2. The fraction of sp³-hybridized carbons (Fsp3) is 0.611. The number of hydrogen-bond donors (Lipinski definition) is 1. The minimum Gasteiger partial charge on any atom is -0.341 e. The Labute approximate surface area is 126 Å². The second-order valence-electron chi connectivity index (χ2n) is 7.21. The van der Waals surface area contributed by atoms with Crippen LogP contribution in [0.5, 0.6) is 0 Å². The van der Waals surface area contributed by atoms with Crippen molar-refractivity contribution in [1.82, 2.24) is 10.2 Å². The maximum atomic E-state index is 13.2. The number of hydrogen-bond acceptors (Lipinski definition) is 2. The van der Waals surface area contributed by atoms with E-state index in [2.05, 4.69) is 34.5 Å². The number of carbonyl (C=O) groups excluding carboxylic acids is 1. The predicted molar refractivity (Wildman–Crippen MR) is 83.1 cm³/mol. The zero-order valence-electron chi connectivity index (χ0n) is 12.6. The first kappa shape index (κ1) is 13.3. The van der Waals surface area contributed by atoms with Crippen molar-refractivity contribution >= 4 is 5.91 Å². The second kappa shape index (κ2) is 4.84. The van der Waals surface area contributed by atoms with Gasteiger partial charge in [0.15, 0.2) is 0 Å². The van der Waals surface area contributed by atoms with E-state index in [9.17, 15) is 4.79 Å². The van der Waals surface area contributed by atoms with Crippen molar-refractivity contribution in [2.75, 3.05) is 26.2 Å². The number of nitrogens with one attached hydrogen (secondary N) is 1. The van der Waals surface area contributed by atoms with Gasteiger partial charge >= 0.3 is 0 Å². The number of likely N-dealkylation sites (tertiary alicyclic amines) is 1. The van der Waals surface area contributed by atoms with Crippen molar-refractivity contribution in [3.8, 4) is 0 Å². The Kier molecular flexibility index (Phi) is 3.07. The van der Waals surface area contributed by atoms with Crippen LogP contribution in [-0.2, 0) is 10.2 Å². The fourth-order valence-corrected chi connectivity index (χ4v) is 4.47. The highest BCUT2D eigenvalue weighted by Gasteiger charge is 2.51. The quantitative estimate of drug-likeness (QED) is 0.904. The molecule has 2 heterocycles. The molecule has 1 atom stereocenters. The van der Waals surface area contributed by atoms with E-state index < -0.39 is 0 Å². The molecular formula is C18H24N2O. The van der Waals surface area contributed by atoms with Crippen molar-refractivity contribution in [2.45, 2.75) is 37.5 Å². The van der Waals surface area contributed by atoms with Crippen LogP contribution >= 0.6 is 0 Å². The Balaban J connectivity index is 1.56. The lowest BCUT2D eigenvalue weighted by atomic mass is 9.63. The van der Waals surface area contributed by atoms with E-state index in [4.69, 9.17) is 0 Å². The second-order valence-corrected chi connectivity index (χ2v) is 7.21. The summed E-state index contributed by atoms with van der Waals surface area (Å²) < 4.78 is 0. The molecule has 0 bridgehead atoms. The maximum Gasteiger partial charge on any atom is 0.233 e. The summed E-state index contributed by atoms with van der Waals surface area (Å²) >= 11 is 0. The molecule has 1 unspecified atom stereocenters. The number of rotatable bonds is 2. The maximum absolute atomic E-state index is 13.2. The van der Waals surface area contributed by atoms with Crippen molar-refractivity contribution in [3.63, 3.8) is 0 Å². The third-order valence-electron chi connectivity index (χ3n) is 6.00. The van der Waals surface area contributed by atoms with E-state index in [0.717, 1.165) is 39.0 Å². The van der Waals surface area contributed by atoms with Gasteiger partial charge in [-0.25, -0.2) is 0 Å². The number of nitrogens with zero attached hydrogens (tertiary/aromatic N) is 1. The van der Waals surface area contributed by atoms with Crippen LogP contribution in [0.3, 0.4) is 0 Å². The van der Waals surface area contributed by atoms with Crippen LogP contribution < -0.4 is 5.32 Å². The van der Waals surface area contributed by atoms with Gasteiger partial charge in [-0.1, -0.05) is 36.8 Å². The molecule has 1 N–H and O–H groups in total. The summed E-state index contributed by atoms with van der Waals surface area (Å²) in [5.74, 6) is 0.392. The molecule has 3 heteroatoms. The first-order valence-electron chi connectivity index (χ1n) is 8.30. The predicted octanol–water partition coefficient (Wildman–Crippen LogP) is 2.32. The van der Waals surface area contributed by atoms with Gasteiger partial charge in [0.2, 0.25) is 5.91 Å². The minimum atomic E-state index is -0.210. The molecule has 3 aliphatic rings. The molecule has 3 fully saturated rings. The average Bonchev–Trinajstić information content (AvgIpc) is 3.10. The van der Waals surface area contributed by atoms with E-state index >= 15 is 0 Å². The van der Waals surface area contributed by atoms with Crippen LogP contribution in [0.1, 0.15) is 37.7 Å². The Morgan fingerprint density at radius 1 is 1.10 bits per heavy atom. The highest BCUT2D eigenvalue weighted by Crippen LogP contribution is 2.47. The highest BCUT2D eigenvalue weighted by molar-refractivity contribution is 5.89. The molecule has 21 heavy (non-hydrogen) atoms. The van der Waals surface area contributed by atoms with Crippen LogP contribution in [0.15, 0.2) is 30.3 Å². The van der Waals surface area contributed by atoms with E-state index in [1.165, 1.54) is 24.8 Å². The molecule has 0 aromatic heterocycles. The van der Waals surface area contributed by atoms with Gasteiger partial charge in [-0.2, -0.15) is 0 Å². The molecule has 4 rings (SSSR count). The SMILES string of the molecule is O=C(N1CCC2(CCNC2)C1)C1(c2ccccc2)CCC1. The van der Waals surface area contributed by atoms with Crippen molar-refractivity contribution in [3.05, 3.63) is 35.9 Å². The zero-order chi connectivity index (χ0) is 14.3. The van der Waals surface area contributed by atoms with E-state index in [1.807, 2.05) is 6.07 Å². The lowest BCUT2D eigenvalue weighted by molar-refractivity contribution is -0.140. The van der Waals surface area contributed by atoms with Crippen molar-refractivity contribution in [2.24, 2.45) is 5.41 Å². The average molecular weight is 284 g/mol. The van der Waals surface area contributed by atoms with E-state index in [1.54, 1.807) is 0 Å². The van der Waals surface area contributed by atoms with Gasteiger partial charge in [-0.3, -0.25) is 4.79 Å². The lowest BCUT2D eigenvalue weighted by Gasteiger charge is -2.43. The molecule has 2 saturated heterocycles. The normalized spacial score (nSPS) is 30.6. The topological polar surface area (TPSA) is 32.3 Å². The van der Waals surface area contributed by atoms with Crippen LogP contribution in [0.4, 0.5) is 0 Å². The third-order valence-corrected chi connectivity index (χ3v) is 6.00. The van der Waals surface area contributed by atoms with Gasteiger partial charge in [-0.05, 0) is 37.8 Å². The van der Waals surface area contributed by atoms with Crippen LogP contribution in [0, 0.1) is 5.41 Å². The first-order valence-corrected chi connectivity index (χ1v) is 8.30. The molecule has 1 aliphatic carbocycles. The van der Waals surface area contributed by atoms with Crippen molar-refractivity contribution in [1.29, 1.82) is 0 Å². The number of amides is 1. The largest absolute Gasteiger partial charge is 0.341 e. The van der Waals surface area contributed by atoms with Crippen LogP contribution in [-0.4, -0.2) is 37.0 Å². The molecule has 1 saturated carbocycles. The van der Waals surface area contributed by atoms with Gasteiger partial charge in [0.05, 0.1) is 5.41 Å². The van der Waals surface area contributed by atoms with Gasteiger partial charge < -0.3 is 10.2 Å². The van der Waals surface area contributed by atoms with Crippen molar-refractivity contribution < 1.29 is 4.79 Å².